The molecule has 0 heterocycles. The van der Waals surface area contributed by atoms with Crippen molar-refractivity contribution >= 4 is 18.0 Å². The van der Waals surface area contributed by atoms with E-state index < -0.39 is 18.6 Å². The third-order valence-corrected chi connectivity index (χ3v) is 6.84. The van der Waals surface area contributed by atoms with Gasteiger partial charge in [0.25, 0.3) is 0 Å². The van der Waals surface area contributed by atoms with Crippen molar-refractivity contribution in [3.8, 4) is 11.1 Å². The number of benzene rings is 2. The predicted octanol–water partition coefficient (Wildman–Crippen LogP) is 4.07. The quantitative estimate of drug-likeness (QED) is 0.562. The van der Waals surface area contributed by atoms with Crippen LogP contribution in [-0.2, 0) is 14.3 Å². The van der Waals surface area contributed by atoms with Crippen LogP contribution in [0.3, 0.4) is 0 Å². The average Bonchev–Trinajstić information content (AvgIpc) is 3.14. The number of hydrogen-bond donors (Lipinski definition) is 3. The first kappa shape index (κ1) is 22.8. The lowest BCUT2D eigenvalue weighted by molar-refractivity contribution is -0.138. The van der Waals surface area contributed by atoms with Crippen LogP contribution < -0.4 is 10.6 Å². The van der Waals surface area contributed by atoms with E-state index in [4.69, 9.17) is 9.84 Å². The normalized spacial score (nSPS) is 16.4. The molecule has 2 aromatic rings. The van der Waals surface area contributed by atoms with Crippen LogP contribution in [0.15, 0.2) is 48.5 Å². The predicted molar refractivity (Wildman–Crippen MR) is 124 cm³/mol. The number of carbonyl (C=O) groups excluding carboxylic acids is 2. The van der Waals surface area contributed by atoms with Crippen LogP contribution in [0.2, 0.25) is 0 Å². The Bertz CT molecular complexity index is 983. The molecule has 174 valence electrons. The van der Waals surface area contributed by atoms with Gasteiger partial charge in [0, 0.05) is 18.9 Å². The second-order valence-electron chi connectivity index (χ2n) is 9.09. The van der Waals surface area contributed by atoms with E-state index in [9.17, 15) is 14.4 Å². The summed E-state index contributed by atoms with van der Waals surface area (Å²) in [5, 5.41) is 14.1. The van der Waals surface area contributed by atoms with Crippen molar-refractivity contribution in [2.24, 2.45) is 5.41 Å². The molecule has 2 aromatic carbocycles. The molecule has 0 unspecified atom stereocenters. The lowest BCUT2D eigenvalue weighted by atomic mass is 9.71. The Morgan fingerprint density at radius 1 is 0.909 bits per heavy atom. The molecule has 0 aliphatic heterocycles. The van der Waals surface area contributed by atoms with Gasteiger partial charge in [-0.15, -0.1) is 0 Å². The van der Waals surface area contributed by atoms with Gasteiger partial charge in [-0.1, -0.05) is 67.8 Å². The second-order valence-corrected chi connectivity index (χ2v) is 9.09. The van der Waals surface area contributed by atoms with Gasteiger partial charge in [0.1, 0.15) is 13.2 Å². The van der Waals surface area contributed by atoms with Gasteiger partial charge < -0.3 is 20.5 Å². The number of amides is 2. The number of nitrogens with one attached hydrogen (secondary N) is 2. The Hall–Kier alpha value is -3.35. The fourth-order valence-electron chi connectivity index (χ4n) is 5.20. The van der Waals surface area contributed by atoms with Crippen molar-refractivity contribution in [3.63, 3.8) is 0 Å². The number of ether oxygens (including phenoxy) is 1. The third kappa shape index (κ3) is 5.35. The van der Waals surface area contributed by atoms with E-state index in [-0.39, 0.29) is 30.3 Å². The topological polar surface area (TPSA) is 105 Å². The number of carbonyl (C=O) groups is 3. The lowest BCUT2D eigenvalue weighted by Gasteiger charge is -2.36. The fraction of sp³-hybridized carbons (Fsp3) is 0.423. The fourth-order valence-corrected chi connectivity index (χ4v) is 5.20. The molecule has 1 saturated carbocycles. The summed E-state index contributed by atoms with van der Waals surface area (Å²) in [5.74, 6) is -1.37. The Balaban J connectivity index is 1.35. The van der Waals surface area contributed by atoms with E-state index in [1.54, 1.807) is 0 Å². The Morgan fingerprint density at radius 2 is 1.52 bits per heavy atom. The Kier molecular flexibility index (Phi) is 6.96. The standard InChI is InChI=1S/C26H30N2O5/c29-23(27-15-24(30)31)14-26(12-6-1-7-13-26)17-28-25(32)33-16-22-20-10-4-2-8-18(20)19-9-3-5-11-21(19)22/h2-5,8-11,22H,1,6-7,12-17H2,(H,27,29)(H,28,32)(H,30,31). The van der Waals surface area contributed by atoms with Crippen molar-refractivity contribution in [2.75, 3.05) is 19.7 Å². The maximum atomic E-state index is 12.6. The largest absolute Gasteiger partial charge is 0.480 e. The van der Waals surface area contributed by atoms with Gasteiger partial charge in [-0.2, -0.15) is 0 Å². The minimum Gasteiger partial charge on any atom is -0.480 e. The summed E-state index contributed by atoms with van der Waals surface area (Å²) < 4.78 is 5.63. The van der Waals surface area contributed by atoms with Crippen LogP contribution in [0, 0.1) is 5.41 Å². The number of hydrogen-bond acceptors (Lipinski definition) is 4. The van der Waals surface area contributed by atoms with Crippen LogP contribution in [-0.4, -0.2) is 42.8 Å². The Morgan fingerprint density at radius 3 is 2.12 bits per heavy atom. The molecule has 0 bridgehead atoms. The zero-order valence-corrected chi connectivity index (χ0v) is 18.6. The number of carboxylic acid groups (broad SMARTS) is 1. The number of fused-ring (bicyclic) bond motifs is 3. The van der Waals surface area contributed by atoms with E-state index in [2.05, 4.69) is 34.9 Å². The number of aliphatic carboxylic acids is 1. The van der Waals surface area contributed by atoms with Crippen LogP contribution in [0.5, 0.6) is 0 Å². The van der Waals surface area contributed by atoms with Gasteiger partial charge in [0.2, 0.25) is 5.91 Å². The molecule has 0 aromatic heterocycles. The molecule has 2 aliphatic rings. The van der Waals surface area contributed by atoms with E-state index in [0.29, 0.717) is 6.54 Å². The van der Waals surface area contributed by atoms with Crippen LogP contribution in [0.4, 0.5) is 4.79 Å². The zero-order valence-electron chi connectivity index (χ0n) is 18.6. The summed E-state index contributed by atoms with van der Waals surface area (Å²) >= 11 is 0. The molecule has 33 heavy (non-hydrogen) atoms. The molecule has 3 N–H and O–H groups in total. The SMILES string of the molecule is O=C(O)CNC(=O)CC1(CNC(=O)OCC2c3ccccc3-c3ccccc32)CCCCC1. The van der Waals surface area contributed by atoms with Crippen molar-refractivity contribution in [1.82, 2.24) is 10.6 Å². The molecule has 0 spiro atoms. The van der Waals surface area contributed by atoms with E-state index in [0.717, 1.165) is 43.2 Å². The molecule has 1 fully saturated rings. The number of carboxylic acids is 1. The molecule has 7 nitrogen and oxygen atoms in total. The van der Waals surface area contributed by atoms with Crippen molar-refractivity contribution in [1.29, 1.82) is 0 Å². The molecule has 4 rings (SSSR count). The van der Waals surface area contributed by atoms with Gasteiger partial charge >= 0.3 is 12.1 Å². The highest BCUT2D eigenvalue weighted by atomic mass is 16.5. The van der Waals surface area contributed by atoms with Crippen molar-refractivity contribution < 1.29 is 24.2 Å². The van der Waals surface area contributed by atoms with Gasteiger partial charge in [0.15, 0.2) is 0 Å². The first-order chi connectivity index (χ1) is 16.0. The first-order valence-electron chi connectivity index (χ1n) is 11.5. The summed E-state index contributed by atoms with van der Waals surface area (Å²) in [5.41, 5.74) is 4.30. The minimum absolute atomic E-state index is 0.00594. The molecule has 2 aliphatic carbocycles. The van der Waals surface area contributed by atoms with Crippen LogP contribution >= 0.6 is 0 Å². The first-order valence-corrected chi connectivity index (χ1v) is 11.5. The minimum atomic E-state index is -1.07. The smallest absolute Gasteiger partial charge is 0.407 e. The molecular formula is C26H30N2O5. The third-order valence-electron chi connectivity index (χ3n) is 6.84. The monoisotopic (exact) mass is 450 g/mol. The molecule has 0 atom stereocenters. The molecular weight excluding hydrogens is 420 g/mol. The number of rotatable bonds is 8. The number of alkyl carbamates (subject to hydrolysis) is 1. The molecule has 0 saturated heterocycles. The van der Waals surface area contributed by atoms with Crippen LogP contribution in [0.1, 0.15) is 55.6 Å². The maximum Gasteiger partial charge on any atom is 0.407 e. The highest BCUT2D eigenvalue weighted by Gasteiger charge is 2.35. The van der Waals surface area contributed by atoms with Crippen LogP contribution in [0.25, 0.3) is 11.1 Å². The summed E-state index contributed by atoms with van der Waals surface area (Å²) in [4.78, 5) is 35.6. The highest BCUT2D eigenvalue weighted by Crippen LogP contribution is 2.44. The van der Waals surface area contributed by atoms with E-state index >= 15 is 0 Å². The summed E-state index contributed by atoms with van der Waals surface area (Å²) in [6, 6.07) is 16.4. The van der Waals surface area contributed by atoms with Gasteiger partial charge in [0.05, 0.1) is 0 Å². The van der Waals surface area contributed by atoms with Crippen molar-refractivity contribution in [3.05, 3.63) is 59.7 Å². The summed E-state index contributed by atoms with van der Waals surface area (Å²) in [7, 11) is 0. The van der Waals surface area contributed by atoms with Gasteiger partial charge in [-0.05, 0) is 40.5 Å². The van der Waals surface area contributed by atoms with Gasteiger partial charge in [-0.3, -0.25) is 9.59 Å². The maximum absolute atomic E-state index is 12.6. The molecule has 0 radical (unpaired) electrons. The second kappa shape index (κ2) is 10.1. The average molecular weight is 451 g/mol. The highest BCUT2D eigenvalue weighted by molar-refractivity contribution is 5.82. The zero-order chi connectivity index (χ0) is 23.3. The van der Waals surface area contributed by atoms with E-state index in [1.807, 2.05) is 24.3 Å². The summed E-state index contributed by atoms with van der Waals surface area (Å²) in [6.45, 7) is 0.185. The summed E-state index contributed by atoms with van der Waals surface area (Å²) in [6.07, 6.45) is 4.41. The Labute approximate surface area is 193 Å². The molecule has 2 amide bonds. The van der Waals surface area contributed by atoms with Gasteiger partial charge in [-0.25, -0.2) is 4.79 Å². The van der Waals surface area contributed by atoms with Crippen molar-refractivity contribution in [2.45, 2.75) is 44.4 Å². The molecule has 7 heteroatoms. The lowest BCUT2D eigenvalue weighted by Crippen LogP contribution is -2.43. The van der Waals surface area contributed by atoms with E-state index in [1.165, 1.54) is 11.1 Å².